The first-order valence-electron chi connectivity index (χ1n) is 7.39. The summed E-state index contributed by atoms with van der Waals surface area (Å²) < 4.78 is 0. The Labute approximate surface area is 144 Å². The normalized spacial score (nSPS) is 22.9. The van der Waals surface area contributed by atoms with Gasteiger partial charge in [-0.2, -0.15) is 11.8 Å². The Balaban J connectivity index is 0.00000200. The summed E-state index contributed by atoms with van der Waals surface area (Å²) in [6.07, 6.45) is 5.31. The van der Waals surface area contributed by atoms with Crippen LogP contribution in [0.2, 0.25) is 0 Å². The molecule has 0 spiro atoms. The summed E-state index contributed by atoms with van der Waals surface area (Å²) in [6, 6.07) is 0. The van der Waals surface area contributed by atoms with Gasteiger partial charge in [0.05, 0.1) is 0 Å². The average Bonchev–Trinajstić information content (AvgIpc) is 2.85. The number of guanidine groups is 1. The highest BCUT2D eigenvalue weighted by Gasteiger charge is 2.34. The number of nitrogens with zero attached hydrogens (tertiary/aromatic N) is 3. The molecule has 1 saturated heterocycles. The van der Waals surface area contributed by atoms with E-state index < -0.39 is 0 Å². The summed E-state index contributed by atoms with van der Waals surface area (Å²) >= 11 is 2.01. The van der Waals surface area contributed by atoms with Crippen molar-refractivity contribution in [2.75, 3.05) is 51.8 Å². The standard InChI is InChI=1S/C14H28N4S.HI/c1-17(2)12-14(5-3-4-6-14)11-16-13(15)18-7-9-19-10-8-18;/h3-12H2,1-2H3,(H2,15,16);1H. The number of hydrogen-bond donors (Lipinski definition) is 1. The van der Waals surface area contributed by atoms with Crippen molar-refractivity contribution in [3.05, 3.63) is 0 Å². The fourth-order valence-electron chi connectivity index (χ4n) is 3.30. The molecule has 4 nitrogen and oxygen atoms in total. The summed E-state index contributed by atoms with van der Waals surface area (Å²) in [7, 11) is 4.32. The van der Waals surface area contributed by atoms with Crippen molar-refractivity contribution in [3.63, 3.8) is 0 Å². The Morgan fingerprint density at radius 2 is 1.85 bits per heavy atom. The van der Waals surface area contributed by atoms with E-state index in [2.05, 4.69) is 23.9 Å². The Hall–Kier alpha value is 0.310. The van der Waals surface area contributed by atoms with E-state index in [4.69, 9.17) is 10.7 Å². The van der Waals surface area contributed by atoms with Crippen LogP contribution in [0.5, 0.6) is 0 Å². The number of rotatable bonds is 4. The molecule has 2 rings (SSSR count). The van der Waals surface area contributed by atoms with Crippen LogP contribution in [0.25, 0.3) is 0 Å². The number of thioether (sulfide) groups is 1. The van der Waals surface area contributed by atoms with Crippen molar-refractivity contribution < 1.29 is 0 Å². The SMILES string of the molecule is CN(C)CC1(CN=C(N)N2CCSCC2)CCCC1.I. The van der Waals surface area contributed by atoms with Crippen LogP contribution in [-0.2, 0) is 0 Å². The first kappa shape index (κ1) is 18.4. The molecule has 0 amide bonds. The molecule has 0 atom stereocenters. The van der Waals surface area contributed by atoms with Gasteiger partial charge in [0.15, 0.2) is 5.96 Å². The van der Waals surface area contributed by atoms with Gasteiger partial charge < -0.3 is 15.5 Å². The van der Waals surface area contributed by atoms with Gasteiger partial charge in [0, 0.05) is 43.1 Å². The molecule has 1 aliphatic carbocycles. The second kappa shape index (κ2) is 8.68. The maximum atomic E-state index is 6.17. The minimum atomic E-state index is 0. The highest BCUT2D eigenvalue weighted by Crippen LogP contribution is 2.38. The number of halogens is 1. The number of hydrogen-bond acceptors (Lipinski definition) is 3. The van der Waals surface area contributed by atoms with E-state index in [0.29, 0.717) is 5.41 Å². The van der Waals surface area contributed by atoms with Gasteiger partial charge in [0.1, 0.15) is 0 Å². The summed E-state index contributed by atoms with van der Waals surface area (Å²) in [6.45, 7) is 4.15. The van der Waals surface area contributed by atoms with Gasteiger partial charge >= 0.3 is 0 Å². The van der Waals surface area contributed by atoms with Crippen molar-refractivity contribution in [1.82, 2.24) is 9.80 Å². The zero-order valence-electron chi connectivity index (χ0n) is 12.8. The Bertz CT molecular complexity index is 310. The van der Waals surface area contributed by atoms with Gasteiger partial charge in [-0.05, 0) is 26.9 Å². The van der Waals surface area contributed by atoms with Gasteiger partial charge in [-0.3, -0.25) is 4.99 Å². The van der Waals surface area contributed by atoms with Crippen molar-refractivity contribution in [2.24, 2.45) is 16.1 Å². The molecule has 1 aliphatic heterocycles. The third-order valence-electron chi connectivity index (χ3n) is 4.23. The molecule has 1 heterocycles. The molecule has 0 aromatic heterocycles. The molecule has 20 heavy (non-hydrogen) atoms. The lowest BCUT2D eigenvalue weighted by Crippen LogP contribution is -2.43. The first-order valence-corrected chi connectivity index (χ1v) is 8.54. The molecule has 2 N–H and O–H groups in total. The maximum absolute atomic E-state index is 6.17. The van der Waals surface area contributed by atoms with Crippen LogP contribution in [-0.4, -0.2) is 67.5 Å². The molecule has 0 unspecified atom stereocenters. The number of aliphatic imine (C=N–C) groups is 1. The van der Waals surface area contributed by atoms with Crippen molar-refractivity contribution >= 4 is 41.7 Å². The maximum Gasteiger partial charge on any atom is 0.191 e. The summed E-state index contributed by atoms with van der Waals surface area (Å²) in [5, 5.41) is 0. The largest absolute Gasteiger partial charge is 0.370 e. The molecule has 0 bridgehead atoms. The van der Waals surface area contributed by atoms with E-state index in [1.165, 1.54) is 37.2 Å². The molecule has 6 heteroatoms. The van der Waals surface area contributed by atoms with E-state index in [1.807, 2.05) is 11.8 Å². The lowest BCUT2D eigenvalue weighted by molar-refractivity contribution is 0.209. The summed E-state index contributed by atoms with van der Waals surface area (Å²) in [5.74, 6) is 3.13. The van der Waals surface area contributed by atoms with Crippen LogP contribution in [0.15, 0.2) is 4.99 Å². The van der Waals surface area contributed by atoms with Crippen LogP contribution in [0.1, 0.15) is 25.7 Å². The van der Waals surface area contributed by atoms with Crippen LogP contribution in [0.4, 0.5) is 0 Å². The van der Waals surface area contributed by atoms with Gasteiger partial charge in [0.25, 0.3) is 0 Å². The van der Waals surface area contributed by atoms with Gasteiger partial charge in [0.2, 0.25) is 0 Å². The quantitative estimate of drug-likeness (QED) is 0.437. The lowest BCUT2D eigenvalue weighted by atomic mass is 9.86. The Morgan fingerprint density at radius 3 is 2.40 bits per heavy atom. The fourth-order valence-corrected chi connectivity index (χ4v) is 4.21. The summed E-state index contributed by atoms with van der Waals surface area (Å²) in [4.78, 5) is 9.28. The van der Waals surface area contributed by atoms with E-state index in [9.17, 15) is 0 Å². The van der Waals surface area contributed by atoms with Crippen LogP contribution >= 0.6 is 35.7 Å². The van der Waals surface area contributed by atoms with Crippen LogP contribution in [0.3, 0.4) is 0 Å². The second-order valence-electron chi connectivity index (χ2n) is 6.22. The minimum absolute atomic E-state index is 0. The molecule has 0 radical (unpaired) electrons. The second-order valence-corrected chi connectivity index (χ2v) is 7.44. The van der Waals surface area contributed by atoms with Crippen molar-refractivity contribution in [1.29, 1.82) is 0 Å². The lowest BCUT2D eigenvalue weighted by Gasteiger charge is -2.32. The molecular weight excluding hydrogens is 383 g/mol. The molecule has 118 valence electrons. The predicted octanol–water partition coefficient (Wildman–Crippen LogP) is 2.09. The average molecular weight is 412 g/mol. The molecule has 0 aromatic rings. The monoisotopic (exact) mass is 412 g/mol. The van der Waals surface area contributed by atoms with Gasteiger partial charge in [-0.25, -0.2) is 0 Å². The minimum Gasteiger partial charge on any atom is -0.370 e. The van der Waals surface area contributed by atoms with Gasteiger partial charge in [-0.15, -0.1) is 24.0 Å². The van der Waals surface area contributed by atoms with E-state index in [0.717, 1.165) is 32.1 Å². The Morgan fingerprint density at radius 1 is 1.25 bits per heavy atom. The highest BCUT2D eigenvalue weighted by atomic mass is 127. The predicted molar refractivity (Wildman–Crippen MR) is 100 cm³/mol. The molecule has 0 aromatic carbocycles. The molecule has 1 saturated carbocycles. The smallest absolute Gasteiger partial charge is 0.191 e. The first-order chi connectivity index (χ1) is 9.11. The van der Waals surface area contributed by atoms with Crippen LogP contribution in [0, 0.1) is 5.41 Å². The molecule has 2 fully saturated rings. The van der Waals surface area contributed by atoms with E-state index in [-0.39, 0.29) is 24.0 Å². The third kappa shape index (κ3) is 5.26. The van der Waals surface area contributed by atoms with Gasteiger partial charge in [-0.1, -0.05) is 12.8 Å². The Kier molecular flexibility index (Phi) is 7.97. The zero-order chi connectivity index (χ0) is 13.7. The number of nitrogens with two attached hydrogens (primary N) is 1. The topological polar surface area (TPSA) is 44.9 Å². The van der Waals surface area contributed by atoms with Crippen molar-refractivity contribution in [2.45, 2.75) is 25.7 Å². The highest BCUT2D eigenvalue weighted by molar-refractivity contribution is 14.0. The zero-order valence-corrected chi connectivity index (χ0v) is 16.0. The fraction of sp³-hybridized carbons (Fsp3) is 0.929. The molecular formula is C14H29IN4S. The third-order valence-corrected chi connectivity index (χ3v) is 5.17. The van der Waals surface area contributed by atoms with Crippen molar-refractivity contribution in [3.8, 4) is 0 Å². The van der Waals surface area contributed by atoms with Crippen LogP contribution < -0.4 is 5.73 Å². The van der Waals surface area contributed by atoms with E-state index in [1.54, 1.807) is 0 Å². The molecule has 2 aliphatic rings. The van der Waals surface area contributed by atoms with E-state index >= 15 is 0 Å². The summed E-state index contributed by atoms with van der Waals surface area (Å²) in [5.41, 5.74) is 6.54.